The summed E-state index contributed by atoms with van der Waals surface area (Å²) in [6, 6.07) is 9.03. The van der Waals surface area contributed by atoms with E-state index in [2.05, 4.69) is 79.6 Å². The maximum Gasteiger partial charge on any atom is 0.385 e. The lowest BCUT2D eigenvalue weighted by Crippen LogP contribution is -2.45. The molecule has 0 bridgehead atoms. The summed E-state index contributed by atoms with van der Waals surface area (Å²) in [4.78, 5) is 12.2. The van der Waals surface area contributed by atoms with Gasteiger partial charge in [-0.3, -0.25) is 0 Å². The van der Waals surface area contributed by atoms with Crippen LogP contribution in [0.5, 0.6) is 11.5 Å². The number of halogens is 2. The van der Waals surface area contributed by atoms with Crippen LogP contribution < -0.4 is 8.85 Å². The third-order valence-corrected chi connectivity index (χ3v) is 15.8. The van der Waals surface area contributed by atoms with E-state index in [0.29, 0.717) is 22.6 Å². The molecular formula is C30H40F2O4Si2. The summed E-state index contributed by atoms with van der Waals surface area (Å²) >= 11 is 0. The van der Waals surface area contributed by atoms with Crippen LogP contribution in [0.4, 0.5) is 8.78 Å². The standard InChI is InChI=1S/C30H40F2O4Si2/c1-29(2,3)37(7,8)35-26-17-14-23(21-27(26)36-38(9,10)30(4,5)6)15-18-28(33)34-19-11-12-22-13-16-24(31)25(32)20-22/h11-14,16-17,20-21H,19H2,1-10H3/b12-11+. The van der Waals surface area contributed by atoms with Crippen molar-refractivity contribution < 1.29 is 27.2 Å². The van der Waals surface area contributed by atoms with Crippen LogP contribution in [0.2, 0.25) is 36.3 Å². The Labute approximate surface area is 228 Å². The fraction of sp³-hybridized carbons (Fsp3) is 0.433. The highest BCUT2D eigenvalue weighted by Gasteiger charge is 2.42. The molecule has 0 N–H and O–H groups in total. The van der Waals surface area contributed by atoms with Crippen molar-refractivity contribution in [1.29, 1.82) is 0 Å². The molecule has 0 aliphatic rings. The van der Waals surface area contributed by atoms with Crippen molar-refractivity contribution in [3.05, 3.63) is 65.2 Å². The highest BCUT2D eigenvalue weighted by molar-refractivity contribution is 6.75. The molecule has 2 aromatic rings. The Morgan fingerprint density at radius 1 is 0.842 bits per heavy atom. The van der Waals surface area contributed by atoms with E-state index in [4.69, 9.17) is 13.6 Å². The summed E-state index contributed by atoms with van der Waals surface area (Å²) < 4.78 is 44.7. The second-order valence-electron chi connectivity index (χ2n) is 12.3. The van der Waals surface area contributed by atoms with Gasteiger partial charge in [-0.25, -0.2) is 13.6 Å². The van der Waals surface area contributed by atoms with Crippen molar-refractivity contribution in [2.24, 2.45) is 0 Å². The van der Waals surface area contributed by atoms with Gasteiger partial charge in [-0.05, 0) is 78.2 Å². The Balaban J connectivity index is 2.21. The molecule has 8 heteroatoms. The molecule has 0 spiro atoms. The lowest BCUT2D eigenvalue weighted by atomic mass is 10.2. The predicted octanol–water partition coefficient (Wildman–Crippen LogP) is 8.34. The normalized spacial score (nSPS) is 12.6. The van der Waals surface area contributed by atoms with Gasteiger partial charge >= 0.3 is 5.97 Å². The fourth-order valence-corrected chi connectivity index (χ4v) is 4.73. The van der Waals surface area contributed by atoms with Crippen LogP contribution in [-0.2, 0) is 9.53 Å². The topological polar surface area (TPSA) is 44.8 Å². The molecule has 206 valence electrons. The molecule has 0 radical (unpaired) electrons. The van der Waals surface area contributed by atoms with Crippen LogP contribution in [0.25, 0.3) is 6.08 Å². The highest BCUT2D eigenvalue weighted by atomic mass is 28.4. The second kappa shape index (κ2) is 11.9. The van der Waals surface area contributed by atoms with Gasteiger partial charge in [0.15, 0.2) is 11.6 Å². The summed E-state index contributed by atoms with van der Waals surface area (Å²) in [5.74, 6) is 4.12. The van der Waals surface area contributed by atoms with E-state index in [-0.39, 0.29) is 16.7 Å². The first-order valence-corrected chi connectivity index (χ1v) is 18.5. The van der Waals surface area contributed by atoms with Gasteiger partial charge in [0, 0.05) is 11.5 Å². The monoisotopic (exact) mass is 558 g/mol. The van der Waals surface area contributed by atoms with E-state index in [1.165, 1.54) is 18.2 Å². The number of benzene rings is 2. The minimum Gasteiger partial charge on any atom is -0.541 e. The van der Waals surface area contributed by atoms with Gasteiger partial charge in [0.2, 0.25) is 0 Å². The zero-order chi connectivity index (χ0) is 28.9. The number of rotatable bonds is 7. The summed E-state index contributed by atoms with van der Waals surface area (Å²) in [6.07, 6.45) is 3.07. The Morgan fingerprint density at radius 3 is 1.97 bits per heavy atom. The van der Waals surface area contributed by atoms with E-state index < -0.39 is 34.2 Å². The van der Waals surface area contributed by atoms with Crippen molar-refractivity contribution in [3.63, 3.8) is 0 Å². The van der Waals surface area contributed by atoms with E-state index in [1.807, 2.05) is 18.2 Å². The van der Waals surface area contributed by atoms with Crippen LogP contribution in [0.1, 0.15) is 52.7 Å². The Bertz CT molecular complexity index is 1240. The maximum atomic E-state index is 13.3. The zero-order valence-electron chi connectivity index (χ0n) is 24.2. The lowest BCUT2D eigenvalue weighted by Gasteiger charge is -2.39. The molecule has 0 fully saturated rings. The van der Waals surface area contributed by atoms with Crippen molar-refractivity contribution in [2.45, 2.75) is 77.8 Å². The summed E-state index contributed by atoms with van der Waals surface area (Å²) in [5.41, 5.74) is 1.07. The number of carbonyl (C=O) groups is 1. The molecule has 0 aromatic heterocycles. The lowest BCUT2D eigenvalue weighted by molar-refractivity contribution is -0.135. The van der Waals surface area contributed by atoms with Gasteiger partial charge in [0.1, 0.15) is 18.1 Å². The molecule has 38 heavy (non-hydrogen) atoms. The number of carbonyl (C=O) groups excluding carboxylic acids is 1. The molecule has 0 unspecified atom stereocenters. The quantitative estimate of drug-likeness (QED) is 0.195. The second-order valence-corrected chi connectivity index (χ2v) is 21.8. The van der Waals surface area contributed by atoms with Gasteiger partial charge in [0.05, 0.1) is 0 Å². The van der Waals surface area contributed by atoms with Gasteiger partial charge in [0.25, 0.3) is 16.6 Å². The third-order valence-electron chi connectivity index (χ3n) is 7.16. The molecular weight excluding hydrogens is 518 g/mol. The SMILES string of the molecule is CC(C)(C)[Si](C)(C)Oc1ccc(C#CC(=O)OC/C=C/c2ccc(F)c(F)c2)cc1O[Si](C)(C)C(C)(C)C. The molecule has 0 aliphatic carbocycles. The Hall–Kier alpha value is -2.90. The minimum absolute atomic E-state index is 0.0140. The maximum absolute atomic E-state index is 13.3. The number of ether oxygens (including phenoxy) is 1. The largest absolute Gasteiger partial charge is 0.541 e. The van der Waals surface area contributed by atoms with Crippen molar-refractivity contribution in [3.8, 4) is 23.3 Å². The molecule has 0 amide bonds. The van der Waals surface area contributed by atoms with Crippen LogP contribution in [0.15, 0.2) is 42.5 Å². The van der Waals surface area contributed by atoms with Gasteiger partial charge < -0.3 is 13.6 Å². The number of hydrogen-bond donors (Lipinski definition) is 0. The minimum atomic E-state index is -2.18. The number of esters is 1. The molecule has 0 heterocycles. The van der Waals surface area contributed by atoms with Crippen LogP contribution in [-0.4, -0.2) is 29.2 Å². The molecule has 0 saturated heterocycles. The van der Waals surface area contributed by atoms with E-state index in [1.54, 1.807) is 0 Å². The first-order valence-electron chi connectivity index (χ1n) is 12.6. The van der Waals surface area contributed by atoms with Gasteiger partial charge in [-0.1, -0.05) is 59.6 Å². The average Bonchev–Trinajstić information content (AvgIpc) is 2.77. The summed E-state index contributed by atoms with van der Waals surface area (Å²) in [7, 11) is -4.30. The van der Waals surface area contributed by atoms with Crippen LogP contribution >= 0.6 is 0 Å². The van der Waals surface area contributed by atoms with Crippen molar-refractivity contribution >= 4 is 28.7 Å². The molecule has 2 aromatic carbocycles. The molecule has 0 saturated carbocycles. The predicted molar refractivity (Wildman–Crippen MR) is 155 cm³/mol. The number of hydrogen-bond acceptors (Lipinski definition) is 4. The van der Waals surface area contributed by atoms with Crippen LogP contribution in [0.3, 0.4) is 0 Å². The van der Waals surface area contributed by atoms with Gasteiger partial charge in [-0.2, -0.15) is 0 Å². The zero-order valence-corrected chi connectivity index (χ0v) is 26.2. The third kappa shape index (κ3) is 8.57. The van der Waals surface area contributed by atoms with E-state index >= 15 is 0 Å². The smallest absolute Gasteiger partial charge is 0.385 e. The van der Waals surface area contributed by atoms with Crippen molar-refractivity contribution in [2.75, 3.05) is 6.61 Å². The van der Waals surface area contributed by atoms with E-state index in [0.717, 1.165) is 12.1 Å². The fourth-order valence-electron chi connectivity index (χ4n) is 2.69. The van der Waals surface area contributed by atoms with Gasteiger partial charge in [-0.15, -0.1) is 0 Å². The molecule has 4 nitrogen and oxygen atoms in total. The highest BCUT2D eigenvalue weighted by Crippen LogP contribution is 2.43. The van der Waals surface area contributed by atoms with E-state index in [9.17, 15) is 13.6 Å². The molecule has 2 rings (SSSR count). The molecule has 0 aliphatic heterocycles. The Morgan fingerprint density at radius 2 is 1.42 bits per heavy atom. The van der Waals surface area contributed by atoms with Crippen LogP contribution in [0, 0.1) is 23.5 Å². The first kappa shape index (κ1) is 31.3. The molecule has 0 atom stereocenters. The first-order chi connectivity index (χ1) is 17.3. The van der Waals surface area contributed by atoms with Crippen molar-refractivity contribution in [1.82, 2.24) is 0 Å². The Kier molecular flexibility index (Phi) is 9.79. The summed E-state index contributed by atoms with van der Waals surface area (Å²) in [5, 5.41) is 0.00270. The summed E-state index contributed by atoms with van der Waals surface area (Å²) in [6.45, 7) is 21.8. The average molecular weight is 559 g/mol.